The van der Waals surface area contributed by atoms with Crippen LogP contribution in [0.4, 0.5) is 0 Å². The highest BCUT2D eigenvalue weighted by Crippen LogP contribution is 2.47. The lowest BCUT2D eigenvalue weighted by Gasteiger charge is -2.36. The van der Waals surface area contributed by atoms with E-state index >= 15 is 0 Å². The summed E-state index contributed by atoms with van der Waals surface area (Å²) in [4.78, 5) is 36.4. The first-order valence-electron chi connectivity index (χ1n) is 9.33. The molecule has 4 aliphatic rings. The third kappa shape index (κ3) is 2.92. The Hall–Kier alpha value is -1.89. The fourth-order valence-corrected chi connectivity index (χ4v) is 4.63. The zero-order chi connectivity index (χ0) is 18.5. The van der Waals surface area contributed by atoms with Gasteiger partial charge in [0.1, 0.15) is 11.7 Å². The van der Waals surface area contributed by atoms with Crippen LogP contribution in [0.2, 0.25) is 0 Å². The molecule has 3 aliphatic heterocycles. The van der Waals surface area contributed by atoms with E-state index in [2.05, 4.69) is 6.58 Å². The van der Waals surface area contributed by atoms with Gasteiger partial charge in [-0.2, -0.15) is 0 Å². The molecule has 5 atom stereocenters. The van der Waals surface area contributed by atoms with Gasteiger partial charge in [0.15, 0.2) is 12.2 Å². The Morgan fingerprint density at radius 1 is 1.23 bits per heavy atom. The number of esters is 3. The summed E-state index contributed by atoms with van der Waals surface area (Å²) >= 11 is 0. The molecule has 0 aromatic rings. The third-order valence-electron chi connectivity index (χ3n) is 5.94. The monoisotopic (exact) mass is 364 g/mol. The summed E-state index contributed by atoms with van der Waals surface area (Å²) in [6, 6.07) is 0. The number of rotatable bonds is 5. The zero-order valence-corrected chi connectivity index (χ0v) is 14.9. The van der Waals surface area contributed by atoms with Crippen LogP contribution in [0.15, 0.2) is 12.2 Å². The molecule has 4 fully saturated rings. The van der Waals surface area contributed by atoms with Gasteiger partial charge in [-0.15, -0.1) is 0 Å². The van der Waals surface area contributed by atoms with Crippen LogP contribution in [-0.4, -0.2) is 47.9 Å². The maximum absolute atomic E-state index is 12.6. The van der Waals surface area contributed by atoms with Crippen LogP contribution < -0.4 is 0 Å². The van der Waals surface area contributed by atoms with Crippen molar-refractivity contribution in [1.82, 2.24) is 0 Å². The van der Waals surface area contributed by atoms with Crippen molar-refractivity contribution >= 4 is 17.9 Å². The lowest BCUT2D eigenvalue weighted by atomic mass is 9.82. The van der Waals surface area contributed by atoms with Crippen molar-refractivity contribution in [2.75, 3.05) is 0 Å². The number of carbonyl (C=O) groups excluding carboxylic acids is 3. The molecule has 1 aliphatic carbocycles. The van der Waals surface area contributed by atoms with E-state index in [-0.39, 0.29) is 30.5 Å². The van der Waals surface area contributed by atoms with Crippen molar-refractivity contribution in [1.29, 1.82) is 0 Å². The van der Waals surface area contributed by atoms with Crippen LogP contribution in [0.25, 0.3) is 0 Å². The highest BCUT2D eigenvalue weighted by atomic mass is 16.7. The van der Waals surface area contributed by atoms with Gasteiger partial charge >= 0.3 is 17.9 Å². The van der Waals surface area contributed by atoms with E-state index in [4.69, 9.17) is 18.9 Å². The van der Waals surface area contributed by atoms with Crippen molar-refractivity contribution in [2.24, 2.45) is 5.92 Å². The first kappa shape index (κ1) is 17.5. The van der Waals surface area contributed by atoms with E-state index in [1.807, 2.05) is 0 Å². The normalized spacial score (nSPS) is 36.5. The number of hydrogen-bond donors (Lipinski definition) is 0. The lowest BCUT2D eigenvalue weighted by Crippen LogP contribution is -2.44. The highest BCUT2D eigenvalue weighted by Gasteiger charge is 2.65. The predicted octanol–water partition coefficient (Wildman–Crippen LogP) is 1.82. The predicted molar refractivity (Wildman–Crippen MR) is 87.9 cm³/mol. The minimum atomic E-state index is -0.835. The second-order valence-corrected chi connectivity index (χ2v) is 7.93. The third-order valence-corrected chi connectivity index (χ3v) is 5.94. The minimum absolute atomic E-state index is 0.00397. The molecular weight excluding hydrogens is 340 g/mol. The molecule has 2 bridgehead atoms. The van der Waals surface area contributed by atoms with Gasteiger partial charge in [0, 0.05) is 5.57 Å². The first-order chi connectivity index (χ1) is 12.4. The number of hydrogen-bond acceptors (Lipinski definition) is 7. The zero-order valence-electron chi connectivity index (χ0n) is 14.9. The molecule has 0 spiro atoms. The Kier molecular flexibility index (Phi) is 4.29. The molecule has 5 unspecified atom stereocenters. The lowest BCUT2D eigenvalue weighted by molar-refractivity contribution is -0.174. The Morgan fingerprint density at radius 2 is 1.96 bits per heavy atom. The Balaban J connectivity index is 1.42. The topological polar surface area (TPSA) is 88.1 Å². The molecule has 4 rings (SSSR count). The highest BCUT2D eigenvalue weighted by molar-refractivity contribution is 5.87. The van der Waals surface area contributed by atoms with E-state index in [9.17, 15) is 14.4 Å². The van der Waals surface area contributed by atoms with E-state index in [0.717, 1.165) is 19.3 Å². The Morgan fingerprint density at radius 3 is 2.65 bits per heavy atom. The van der Waals surface area contributed by atoms with Crippen LogP contribution in [0.3, 0.4) is 0 Å². The second-order valence-electron chi connectivity index (χ2n) is 7.93. The molecule has 142 valence electrons. The van der Waals surface area contributed by atoms with Crippen LogP contribution in [-0.2, 0) is 33.3 Å². The van der Waals surface area contributed by atoms with E-state index in [0.29, 0.717) is 24.8 Å². The quantitative estimate of drug-likeness (QED) is 0.418. The molecule has 26 heavy (non-hydrogen) atoms. The average molecular weight is 364 g/mol. The standard InChI is InChI=1S/C19H24O7/c1-10(2)17(21)26-19(6-4-3-5-7-19)9-13(20)24-15-12-8-11-14(23-12)16(15)25-18(11)22/h11-12,14-16H,1,3-9H2,2H3. The van der Waals surface area contributed by atoms with Crippen molar-refractivity contribution in [3.8, 4) is 0 Å². The van der Waals surface area contributed by atoms with Gasteiger partial charge in [-0.25, -0.2) is 4.79 Å². The van der Waals surface area contributed by atoms with Gasteiger partial charge in [0.25, 0.3) is 0 Å². The van der Waals surface area contributed by atoms with Crippen LogP contribution in [0.1, 0.15) is 51.9 Å². The summed E-state index contributed by atoms with van der Waals surface area (Å²) in [5.74, 6) is -1.40. The minimum Gasteiger partial charge on any atom is -0.455 e. The summed E-state index contributed by atoms with van der Waals surface area (Å²) in [6.07, 6.45) is 3.01. The van der Waals surface area contributed by atoms with Crippen molar-refractivity contribution in [3.05, 3.63) is 12.2 Å². The molecule has 7 nitrogen and oxygen atoms in total. The number of carbonyl (C=O) groups is 3. The summed E-state index contributed by atoms with van der Waals surface area (Å²) in [7, 11) is 0. The smallest absolute Gasteiger partial charge is 0.333 e. The summed E-state index contributed by atoms with van der Waals surface area (Å²) < 4.78 is 22.4. The molecule has 0 radical (unpaired) electrons. The summed E-state index contributed by atoms with van der Waals surface area (Å²) in [5, 5.41) is 0. The maximum atomic E-state index is 12.6. The van der Waals surface area contributed by atoms with Gasteiger partial charge in [0.2, 0.25) is 0 Å². The van der Waals surface area contributed by atoms with Crippen LogP contribution in [0.5, 0.6) is 0 Å². The SMILES string of the molecule is C=C(C)C(=O)OC1(CC(=O)OC2C3CC4C(=O)OC2C4O3)CCCCC1. The fraction of sp³-hybridized carbons (Fsp3) is 0.737. The molecule has 1 saturated carbocycles. The van der Waals surface area contributed by atoms with E-state index < -0.39 is 29.7 Å². The second kappa shape index (κ2) is 6.37. The fourth-order valence-electron chi connectivity index (χ4n) is 4.63. The molecule has 0 aromatic heterocycles. The van der Waals surface area contributed by atoms with Crippen molar-refractivity contribution in [2.45, 2.75) is 81.9 Å². The summed E-state index contributed by atoms with van der Waals surface area (Å²) in [5.41, 5.74) is -0.521. The number of fused-ring (bicyclic) bond motifs is 1. The average Bonchev–Trinajstić information content (AvgIpc) is 3.20. The van der Waals surface area contributed by atoms with Gasteiger partial charge in [0.05, 0.1) is 18.4 Å². The first-order valence-corrected chi connectivity index (χ1v) is 9.33. The van der Waals surface area contributed by atoms with Gasteiger partial charge < -0.3 is 18.9 Å². The van der Waals surface area contributed by atoms with Crippen LogP contribution >= 0.6 is 0 Å². The molecular formula is C19H24O7. The van der Waals surface area contributed by atoms with Crippen molar-refractivity contribution in [3.63, 3.8) is 0 Å². The van der Waals surface area contributed by atoms with Crippen LogP contribution in [0, 0.1) is 5.92 Å². The van der Waals surface area contributed by atoms with Gasteiger partial charge in [-0.1, -0.05) is 13.0 Å². The van der Waals surface area contributed by atoms with E-state index in [1.165, 1.54) is 0 Å². The maximum Gasteiger partial charge on any atom is 0.333 e. The number of ether oxygens (including phenoxy) is 4. The molecule has 7 heteroatoms. The van der Waals surface area contributed by atoms with Gasteiger partial charge in [-0.3, -0.25) is 9.59 Å². The Labute approximate surface area is 152 Å². The molecule has 0 N–H and O–H groups in total. The Bertz CT molecular complexity index is 648. The largest absolute Gasteiger partial charge is 0.455 e. The van der Waals surface area contributed by atoms with E-state index in [1.54, 1.807) is 6.92 Å². The molecule has 0 amide bonds. The van der Waals surface area contributed by atoms with Crippen molar-refractivity contribution < 1.29 is 33.3 Å². The molecule has 0 aromatic carbocycles. The molecule has 3 heterocycles. The summed E-state index contributed by atoms with van der Waals surface area (Å²) in [6.45, 7) is 5.21. The molecule has 3 saturated heterocycles. The van der Waals surface area contributed by atoms with Gasteiger partial charge in [-0.05, 0) is 39.0 Å².